The summed E-state index contributed by atoms with van der Waals surface area (Å²) in [6, 6.07) is 4.02. The second kappa shape index (κ2) is 5.50. The Morgan fingerprint density at radius 1 is 1.12 bits per heavy atom. The molecule has 0 radical (unpaired) electrons. The molecule has 6 nitrogen and oxygen atoms in total. The number of imide groups is 1. The highest BCUT2D eigenvalue weighted by Crippen LogP contribution is 2.39. The van der Waals surface area contributed by atoms with Crippen LogP contribution in [0.2, 0.25) is 0 Å². The lowest BCUT2D eigenvalue weighted by Gasteiger charge is -2.09. The van der Waals surface area contributed by atoms with Crippen molar-refractivity contribution in [3.8, 4) is 10.4 Å². The molecule has 2 amide bonds. The van der Waals surface area contributed by atoms with E-state index in [1.807, 2.05) is 22.9 Å². The third-order valence-corrected chi connectivity index (χ3v) is 5.52. The summed E-state index contributed by atoms with van der Waals surface area (Å²) in [7, 11) is 0. The molecule has 2 N–H and O–H groups in total. The highest BCUT2D eigenvalue weighted by atomic mass is 32.1. The number of hydrogen-bond acceptors (Lipinski definition) is 7. The first-order valence-corrected chi connectivity index (χ1v) is 8.94. The minimum atomic E-state index is -0.435. The number of anilines is 1. The minimum Gasteiger partial charge on any atom is -0.335 e. The molecular weight excluding hydrogens is 344 g/mol. The first-order chi connectivity index (χ1) is 11.5. The molecule has 4 heterocycles. The van der Waals surface area contributed by atoms with Crippen molar-refractivity contribution in [2.45, 2.75) is 13.8 Å². The van der Waals surface area contributed by atoms with Crippen molar-refractivity contribution in [2.24, 2.45) is 0 Å². The predicted octanol–water partition coefficient (Wildman–Crippen LogP) is 3.07. The maximum absolute atomic E-state index is 12.0. The number of carbonyl (C=O) groups excluding carboxylic acids is 2. The number of fused-ring (bicyclic) bond motifs is 1. The SMILES string of the molecule is CC1=C(Nc2nc(C)nc3scc(-c4cccs4)c23)C(=O)NC1=O. The second-order valence-electron chi connectivity index (χ2n) is 5.33. The lowest BCUT2D eigenvalue weighted by molar-refractivity contribution is -0.124. The van der Waals surface area contributed by atoms with Gasteiger partial charge in [-0.2, -0.15) is 0 Å². The number of thiophene rings is 2. The van der Waals surface area contributed by atoms with Gasteiger partial charge in [0, 0.05) is 21.4 Å². The van der Waals surface area contributed by atoms with E-state index in [2.05, 4.69) is 20.6 Å². The van der Waals surface area contributed by atoms with Crippen LogP contribution in [-0.2, 0) is 9.59 Å². The largest absolute Gasteiger partial charge is 0.335 e. The van der Waals surface area contributed by atoms with Crippen LogP contribution < -0.4 is 10.6 Å². The van der Waals surface area contributed by atoms with Gasteiger partial charge in [-0.15, -0.1) is 22.7 Å². The Hall–Kier alpha value is -2.58. The number of aromatic nitrogens is 2. The summed E-state index contributed by atoms with van der Waals surface area (Å²) < 4.78 is 0. The van der Waals surface area contributed by atoms with Gasteiger partial charge in [0.2, 0.25) is 0 Å². The molecule has 0 unspecified atom stereocenters. The summed E-state index contributed by atoms with van der Waals surface area (Å²) in [6.45, 7) is 3.41. The Kier molecular flexibility index (Phi) is 3.43. The Labute approximate surface area is 145 Å². The topological polar surface area (TPSA) is 84.0 Å². The molecule has 120 valence electrons. The zero-order valence-electron chi connectivity index (χ0n) is 12.8. The molecule has 0 saturated carbocycles. The molecule has 3 aromatic rings. The van der Waals surface area contributed by atoms with Crippen LogP contribution in [0.25, 0.3) is 20.7 Å². The van der Waals surface area contributed by atoms with Gasteiger partial charge >= 0.3 is 0 Å². The number of nitrogens with one attached hydrogen (secondary N) is 2. The average molecular weight is 356 g/mol. The quantitative estimate of drug-likeness (QED) is 0.705. The minimum absolute atomic E-state index is 0.239. The van der Waals surface area contributed by atoms with Gasteiger partial charge in [0.1, 0.15) is 22.2 Å². The van der Waals surface area contributed by atoms with Crippen LogP contribution in [0.15, 0.2) is 34.2 Å². The molecule has 0 aromatic carbocycles. The van der Waals surface area contributed by atoms with E-state index >= 15 is 0 Å². The van der Waals surface area contributed by atoms with Gasteiger partial charge in [-0.05, 0) is 25.3 Å². The Morgan fingerprint density at radius 2 is 1.96 bits per heavy atom. The van der Waals surface area contributed by atoms with Crippen molar-refractivity contribution in [2.75, 3.05) is 5.32 Å². The molecular formula is C16H12N4O2S2. The van der Waals surface area contributed by atoms with Gasteiger partial charge in [-0.1, -0.05) is 6.07 Å². The van der Waals surface area contributed by atoms with Gasteiger partial charge in [0.05, 0.1) is 5.39 Å². The number of aryl methyl sites for hydroxylation is 1. The van der Waals surface area contributed by atoms with E-state index < -0.39 is 5.91 Å². The molecule has 0 bridgehead atoms. The third kappa shape index (κ3) is 2.31. The van der Waals surface area contributed by atoms with E-state index in [4.69, 9.17) is 0 Å². The Balaban J connectivity index is 1.90. The highest BCUT2D eigenvalue weighted by Gasteiger charge is 2.28. The van der Waals surface area contributed by atoms with Crippen molar-refractivity contribution in [1.29, 1.82) is 0 Å². The zero-order valence-corrected chi connectivity index (χ0v) is 14.5. The summed E-state index contributed by atoms with van der Waals surface area (Å²) in [6.07, 6.45) is 0. The van der Waals surface area contributed by atoms with Gasteiger partial charge in [-0.25, -0.2) is 9.97 Å². The Morgan fingerprint density at radius 3 is 2.62 bits per heavy atom. The standard InChI is InChI=1S/C16H12N4O2S2/c1-7-12(15(22)20-14(7)21)19-13-11-9(10-4-3-5-23-10)6-24-16(11)18-8(2)17-13/h3-6H,1-2H3,(H2,17,18,19,20,21,22). The predicted molar refractivity (Wildman–Crippen MR) is 94.9 cm³/mol. The lowest BCUT2D eigenvalue weighted by Crippen LogP contribution is -2.24. The van der Waals surface area contributed by atoms with Gasteiger partial charge in [0.25, 0.3) is 11.8 Å². The molecule has 24 heavy (non-hydrogen) atoms. The van der Waals surface area contributed by atoms with Gasteiger partial charge in [0.15, 0.2) is 0 Å². The van der Waals surface area contributed by atoms with Crippen molar-refractivity contribution in [3.63, 3.8) is 0 Å². The molecule has 0 aliphatic carbocycles. The number of amides is 2. The second-order valence-corrected chi connectivity index (χ2v) is 7.14. The van der Waals surface area contributed by atoms with E-state index in [0.29, 0.717) is 17.2 Å². The number of hydrogen-bond donors (Lipinski definition) is 2. The van der Waals surface area contributed by atoms with E-state index in [0.717, 1.165) is 20.7 Å². The van der Waals surface area contributed by atoms with E-state index in [-0.39, 0.29) is 11.6 Å². The number of nitrogens with zero attached hydrogens (tertiary/aromatic N) is 2. The van der Waals surface area contributed by atoms with Crippen molar-refractivity contribution >= 4 is 50.5 Å². The van der Waals surface area contributed by atoms with Crippen LogP contribution >= 0.6 is 22.7 Å². The van der Waals surface area contributed by atoms with Crippen LogP contribution in [0.1, 0.15) is 12.7 Å². The van der Waals surface area contributed by atoms with Crippen molar-refractivity contribution in [1.82, 2.24) is 15.3 Å². The Bertz CT molecular complexity index is 1020. The molecule has 8 heteroatoms. The molecule has 0 saturated heterocycles. The number of rotatable bonds is 3. The van der Waals surface area contributed by atoms with E-state index in [1.54, 1.807) is 25.2 Å². The molecule has 4 rings (SSSR count). The molecule has 0 fully saturated rings. The first-order valence-electron chi connectivity index (χ1n) is 7.18. The molecule has 3 aromatic heterocycles. The molecule has 1 aliphatic heterocycles. The highest BCUT2D eigenvalue weighted by molar-refractivity contribution is 7.18. The summed E-state index contributed by atoms with van der Waals surface area (Å²) in [5.74, 6) is 0.331. The van der Waals surface area contributed by atoms with E-state index in [1.165, 1.54) is 11.3 Å². The summed E-state index contributed by atoms with van der Waals surface area (Å²) >= 11 is 3.16. The molecule has 1 aliphatic rings. The fourth-order valence-corrected chi connectivity index (χ4v) is 4.37. The fourth-order valence-electron chi connectivity index (χ4n) is 2.56. The van der Waals surface area contributed by atoms with Crippen LogP contribution in [-0.4, -0.2) is 21.8 Å². The maximum atomic E-state index is 12.0. The summed E-state index contributed by atoms with van der Waals surface area (Å²) in [5, 5.41) is 10.2. The van der Waals surface area contributed by atoms with Crippen LogP contribution in [0.5, 0.6) is 0 Å². The van der Waals surface area contributed by atoms with Crippen LogP contribution in [0.4, 0.5) is 5.82 Å². The van der Waals surface area contributed by atoms with Gasteiger partial charge < -0.3 is 5.32 Å². The average Bonchev–Trinajstić information content (AvgIpc) is 3.23. The van der Waals surface area contributed by atoms with Crippen molar-refractivity contribution < 1.29 is 9.59 Å². The smallest absolute Gasteiger partial charge is 0.275 e. The maximum Gasteiger partial charge on any atom is 0.275 e. The first kappa shape index (κ1) is 15.0. The lowest BCUT2D eigenvalue weighted by atomic mass is 10.2. The van der Waals surface area contributed by atoms with Gasteiger partial charge in [-0.3, -0.25) is 14.9 Å². The molecule has 0 spiro atoms. The van der Waals surface area contributed by atoms with Crippen LogP contribution in [0.3, 0.4) is 0 Å². The monoisotopic (exact) mass is 356 g/mol. The van der Waals surface area contributed by atoms with E-state index in [9.17, 15) is 9.59 Å². The van der Waals surface area contributed by atoms with Crippen LogP contribution in [0, 0.1) is 6.92 Å². The molecule has 0 atom stereocenters. The fraction of sp³-hybridized carbons (Fsp3) is 0.125. The van der Waals surface area contributed by atoms with Crippen molar-refractivity contribution in [3.05, 3.63) is 40.0 Å². The normalized spacial score (nSPS) is 14.6. The zero-order chi connectivity index (χ0) is 16.8. The summed E-state index contributed by atoms with van der Waals surface area (Å²) in [5.41, 5.74) is 1.62. The number of carbonyl (C=O) groups is 2. The third-order valence-electron chi connectivity index (χ3n) is 3.75. The summed E-state index contributed by atoms with van der Waals surface area (Å²) in [4.78, 5) is 34.5.